The minimum absolute atomic E-state index is 0.0112. The van der Waals surface area contributed by atoms with E-state index in [1.165, 1.54) is 0 Å². The average molecular weight is 209 g/mol. The Morgan fingerprint density at radius 2 is 1.93 bits per heavy atom. The van der Waals surface area contributed by atoms with Crippen LogP contribution in [-0.4, -0.2) is 33.3 Å². The molecular weight excluding hydrogens is 190 g/mol. The molecule has 1 rings (SSSR count). The molecule has 0 bridgehead atoms. The van der Waals surface area contributed by atoms with Crippen LogP contribution in [0.1, 0.15) is 0 Å². The summed E-state index contributed by atoms with van der Waals surface area (Å²) in [6.07, 6.45) is 0. The van der Waals surface area contributed by atoms with Gasteiger partial charge in [0.1, 0.15) is 5.75 Å². The largest absolute Gasteiger partial charge is 0.497 e. The molecule has 0 spiro atoms. The van der Waals surface area contributed by atoms with E-state index >= 15 is 0 Å². The Kier molecular flexibility index (Phi) is 4.39. The Balaban J connectivity index is 2.61. The van der Waals surface area contributed by atoms with Gasteiger partial charge in [0, 0.05) is 31.9 Å². The van der Waals surface area contributed by atoms with Gasteiger partial charge in [0.25, 0.3) is 0 Å². The van der Waals surface area contributed by atoms with E-state index in [-0.39, 0.29) is 6.04 Å². The lowest BCUT2D eigenvalue weighted by Crippen LogP contribution is -2.40. The Bertz CT molecular complexity index is 286. The van der Waals surface area contributed by atoms with E-state index in [1.54, 1.807) is 7.11 Å². The lowest BCUT2D eigenvalue weighted by molar-refractivity contribution is 0.415. The fourth-order valence-electron chi connectivity index (χ4n) is 1.37. The average Bonchev–Trinajstić information content (AvgIpc) is 2.29. The highest BCUT2D eigenvalue weighted by molar-refractivity contribution is 5.48. The van der Waals surface area contributed by atoms with Crippen LogP contribution < -0.4 is 21.1 Å². The summed E-state index contributed by atoms with van der Waals surface area (Å²) in [5.74, 6) is 0.857. The second-order valence-corrected chi connectivity index (χ2v) is 3.57. The van der Waals surface area contributed by atoms with Gasteiger partial charge in [-0.3, -0.25) is 0 Å². The summed E-state index contributed by atoms with van der Waals surface area (Å²) in [6, 6.07) is 7.88. The molecule has 1 unspecified atom stereocenters. The Morgan fingerprint density at radius 3 is 2.40 bits per heavy atom. The maximum Gasteiger partial charge on any atom is 0.119 e. The zero-order valence-electron chi connectivity index (χ0n) is 9.31. The number of nitrogens with two attached hydrogens (primary N) is 2. The first-order chi connectivity index (χ1) is 7.17. The van der Waals surface area contributed by atoms with E-state index in [0.717, 1.165) is 18.0 Å². The molecule has 0 heterocycles. The summed E-state index contributed by atoms with van der Waals surface area (Å²) in [4.78, 5) is 2.08. The van der Waals surface area contributed by atoms with Crippen LogP contribution >= 0.6 is 0 Å². The summed E-state index contributed by atoms with van der Waals surface area (Å²) in [6.45, 7) is 1.25. The molecule has 0 saturated carbocycles. The molecule has 15 heavy (non-hydrogen) atoms. The SMILES string of the molecule is COc1ccc(N(C)CC(N)CN)cc1. The number of likely N-dealkylation sites (N-methyl/N-ethyl adjacent to an activating group) is 1. The van der Waals surface area contributed by atoms with Crippen molar-refractivity contribution in [2.24, 2.45) is 11.5 Å². The van der Waals surface area contributed by atoms with E-state index in [4.69, 9.17) is 16.2 Å². The Morgan fingerprint density at radius 1 is 1.33 bits per heavy atom. The second kappa shape index (κ2) is 5.58. The first-order valence-corrected chi connectivity index (χ1v) is 4.98. The molecule has 0 saturated heterocycles. The molecule has 0 aliphatic rings. The number of benzene rings is 1. The predicted octanol–water partition coefficient (Wildman–Crippen LogP) is 0.417. The van der Waals surface area contributed by atoms with Crippen LogP contribution in [-0.2, 0) is 0 Å². The van der Waals surface area contributed by atoms with E-state index in [1.807, 2.05) is 31.3 Å². The van der Waals surface area contributed by atoms with Gasteiger partial charge in [-0.1, -0.05) is 0 Å². The summed E-state index contributed by atoms with van der Waals surface area (Å²) in [5.41, 5.74) is 12.4. The van der Waals surface area contributed by atoms with Crippen LogP contribution in [0.5, 0.6) is 5.75 Å². The molecule has 1 aromatic carbocycles. The zero-order valence-corrected chi connectivity index (χ0v) is 9.31. The second-order valence-electron chi connectivity index (χ2n) is 3.57. The zero-order chi connectivity index (χ0) is 11.3. The number of anilines is 1. The van der Waals surface area contributed by atoms with Crippen molar-refractivity contribution in [3.8, 4) is 5.75 Å². The number of rotatable bonds is 5. The van der Waals surface area contributed by atoms with Gasteiger partial charge in [0.2, 0.25) is 0 Å². The summed E-state index contributed by atoms with van der Waals surface area (Å²) >= 11 is 0. The smallest absolute Gasteiger partial charge is 0.119 e. The summed E-state index contributed by atoms with van der Waals surface area (Å²) in [7, 11) is 3.65. The van der Waals surface area contributed by atoms with Crippen molar-refractivity contribution in [3.63, 3.8) is 0 Å². The standard InChI is InChI=1S/C11H19N3O/c1-14(8-9(13)7-12)10-3-5-11(15-2)6-4-10/h3-6,9H,7-8,12-13H2,1-2H3. The monoisotopic (exact) mass is 209 g/mol. The number of ether oxygens (including phenoxy) is 1. The van der Waals surface area contributed by atoms with Gasteiger partial charge in [0.15, 0.2) is 0 Å². The molecule has 84 valence electrons. The predicted molar refractivity (Wildman–Crippen MR) is 63.3 cm³/mol. The lowest BCUT2D eigenvalue weighted by Gasteiger charge is -2.22. The Labute approximate surface area is 90.8 Å². The van der Waals surface area contributed by atoms with Crippen molar-refractivity contribution in [2.45, 2.75) is 6.04 Å². The van der Waals surface area contributed by atoms with Crippen LogP contribution in [0.4, 0.5) is 5.69 Å². The molecule has 0 aliphatic carbocycles. The molecule has 0 aromatic heterocycles. The fraction of sp³-hybridized carbons (Fsp3) is 0.455. The summed E-state index contributed by atoms with van der Waals surface area (Å²) in [5, 5.41) is 0. The van der Waals surface area contributed by atoms with Crippen molar-refractivity contribution in [3.05, 3.63) is 24.3 Å². The van der Waals surface area contributed by atoms with Crippen LogP contribution in [0.15, 0.2) is 24.3 Å². The van der Waals surface area contributed by atoms with Gasteiger partial charge >= 0.3 is 0 Å². The number of hydrogen-bond donors (Lipinski definition) is 2. The third-order valence-electron chi connectivity index (χ3n) is 2.32. The van der Waals surface area contributed by atoms with Crippen molar-refractivity contribution in [1.82, 2.24) is 0 Å². The molecule has 0 radical (unpaired) electrons. The molecule has 0 fully saturated rings. The van der Waals surface area contributed by atoms with E-state index in [9.17, 15) is 0 Å². The molecule has 0 aliphatic heterocycles. The topological polar surface area (TPSA) is 64.5 Å². The normalized spacial score (nSPS) is 12.3. The van der Waals surface area contributed by atoms with Gasteiger partial charge in [-0.2, -0.15) is 0 Å². The fourth-order valence-corrected chi connectivity index (χ4v) is 1.37. The minimum atomic E-state index is 0.0112. The minimum Gasteiger partial charge on any atom is -0.497 e. The highest BCUT2D eigenvalue weighted by atomic mass is 16.5. The highest BCUT2D eigenvalue weighted by Crippen LogP contribution is 2.17. The van der Waals surface area contributed by atoms with Gasteiger partial charge < -0.3 is 21.1 Å². The molecular formula is C11H19N3O. The number of methoxy groups -OCH3 is 1. The first kappa shape index (κ1) is 11.8. The number of hydrogen-bond acceptors (Lipinski definition) is 4. The molecule has 1 atom stereocenters. The number of nitrogens with zero attached hydrogens (tertiary/aromatic N) is 1. The molecule has 4 nitrogen and oxygen atoms in total. The van der Waals surface area contributed by atoms with Gasteiger partial charge in [-0.15, -0.1) is 0 Å². The molecule has 4 N–H and O–H groups in total. The van der Waals surface area contributed by atoms with E-state index in [0.29, 0.717) is 6.54 Å². The maximum absolute atomic E-state index is 5.78. The first-order valence-electron chi connectivity index (χ1n) is 4.98. The molecule has 4 heteroatoms. The Hall–Kier alpha value is -1.26. The van der Waals surface area contributed by atoms with Crippen LogP contribution in [0.3, 0.4) is 0 Å². The van der Waals surface area contributed by atoms with Gasteiger partial charge in [-0.05, 0) is 24.3 Å². The third kappa shape index (κ3) is 3.42. The molecule has 1 aromatic rings. The van der Waals surface area contributed by atoms with Crippen molar-refractivity contribution in [2.75, 3.05) is 32.1 Å². The van der Waals surface area contributed by atoms with Crippen molar-refractivity contribution < 1.29 is 4.74 Å². The quantitative estimate of drug-likeness (QED) is 0.737. The lowest BCUT2D eigenvalue weighted by atomic mass is 10.2. The molecule has 0 amide bonds. The van der Waals surface area contributed by atoms with Gasteiger partial charge in [-0.25, -0.2) is 0 Å². The van der Waals surface area contributed by atoms with E-state index in [2.05, 4.69) is 4.90 Å². The summed E-state index contributed by atoms with van der Waals surface area (Å²) < 4.78 is 5.09. The van der Waals surface area contributed by atoms with Crippen LogP contribution in [0.25, 0.3) is 0 Å². The highest BCUT2D eigenvalue weighted by Gasteiger charge is 2.05. The van der Waals surface area contributed by atoms with Crippen LogP contribution in [0.2, 0.25) is 0 Å². The van der Waals surface area contributed by atoms with Crippen LogP contribution in [0, 0.1) is 0 Å². The van der Waals surface area contributed by atoms with E-state index < -0.39 is 0 Å². The van der Waals surface area contributed by atoms with Crippen molar-refractivity contribution >= 4 is 5.69 Å². The maximum atomic E-state index is 5.78. The van der Waals surface area contributed by atoms with Gasteiger partial charge in [0.05, 0.1) is 7.11 Å². The third-order valence-corrected chi connectivity index (χ3v) is 2.32. The van der Waals surface area contributed by atoms with Crippen molar-refractivity contribution in [1.29, 1.82) is 0 Å².